The molecule has 1 fully saturated rings. The van der Waals surface area contributed by atoms with Crippen LogP contribution < -0.4 is 9.64 Å². The van der Waals surface area contributed by atoms with E-state index in [2.05, 4.69) is 15.1 Å². The highest BCUT2D eigenvalue weighted by Gasteiger charge is 2.29. The highest BCUT2D eigenvalue weighted by Crippen LogP contribution is 2.26. The van der Waals surface area contributed by atoms with Crippen LogP contribution in [0.3, 0.4) is 0 Å². The lowest BCUT2D eigenvalue weighted by Crippen LogP contribution is -2.49. The van der Waals surface area contributed by atoms with E-state index in [-0.39, 0.29) is 0 Å². The Balaban J connectivity index is 1.44. The van der Waals surface area contributed by atoms with Crippen LogP contribution in [0.15, 0.2) is 52.7 Å². The highest BCUT2D eigenvalue weighted by atomic mass is 32.2. The molecule has 3 aromatic rings. The van der Waals surface area contributed by atoms with Crippen molar-refractivity contribution < 1.29 is 13.2 Å². The Morgan fingerprint density at radius 1 is 1.03 bits per heavy atom. The lowest BCUT2D eigenvalue weighted by Gasteiger charge is -2.34. The minimum absolute atomic E-state index is 0.296. The molecule has 0 amide bonds. The Hall–Kier alpha value is -2.49. The zero-order chi connectivity index (χ0) is 20.4. The van der Waals surface area contributed by atoms with E-state index in [1.54, 1.807) is 36.6 Å². The molecule has 0 saturated carbocycles. The zero-order valence-electron chi connectivity index (χ0n) is 16.3. The van der Waals surface area contributed by atoms with Crippen molar-refractivity contribution in [2.75, 3.05) is 38.2 Å². The minimum atomic E-state index is -3.54. The second kappa shape index (κ2) is 8.10. The molecule has 0 atom stereocenters. The van der Waals surface area contributed by atoms with Crippen LogP contribution in [0, 0.1) is 6.92 Å². The van der Waals surface area contributed by atoms with Crippen LogP contribution in [0.1, 0.15) is 5.56 Å². The summed E-state index contributed by atoms with van der Waals surface area (Å²) < 4.78 is 32.7. The van der Waals surface area contributed by atoms with Gasteiger partial charge in [-0.3, -0.25) is 0 Å². The van der Waals surface area contributed by atoms with E-state index in [4.69, 9.17) is 4.74 Å². The van der Waals surface area contributed by atoms with Crippen LogP contribution in [0.5, 0.6) is 5.75 Å². The van der Waals surface area contributed by atoms with Gasteiger partial charge in [0.25, 0.3) is 0 Å². The van der Waals surface area contributed by atoms with Gasteiger partial charge in [-0.15, -0.1) is 21.5 Å². The molecule has 7 nitrogen and oxygen atoms in total. The second-order valence-corrected chi connectivity index (χ2v) is 9.66. The third-order valence-corrected chi connectivity index (χ3v) is 7.78. The fourth-order valence-corrected chi connectivity index (χ4v) is 5.57. The molecule has 152 valence electrons. The van der Waals surface area contributed by atoms with E-state index >= 15 is 0 Å². The SMILES string of the molecule is COc1ccc(S(=O)(=O)N2CCN(c3ccc(-c4cccs4)nn3)CC2)cc1C. The van der Waals surface area contributed by atoms with Gasteiger partial charge in [0.1, 0.15) is 11.4 Å². The monoisotopic (exact) mass is 430 g/mol. The molecule has 4 rings (SSSR count). The van der Waals surface area contributed by atoms with Crippen molar-refractivity contribution in [3.63, 3.8) is 0 Å². The number of aryl methyl sites for hydroxylation is 1. The summed E-state index contributed by atoms with van der Waals surface area (Å²) in [4.78, 5) is 3.44. The molecule has 1 aromatic carbocycles. The number of hydrogen-bond acceptors (Lipinski definition) is 7. The van der Waals surface area contributed by atoms with Gasteiger partial charge < -0.3 is 9.64 Å². The van der Waals surface area contributed by atoms with Gasteiger partial charge in [0.15, 0.2) is 5.82 Å². The van der Waals surface area contributed by atoms with Crippen LogP contribution in [0.4, 0.5) is 5.82 Å². The topological polar surface area (TPSA) is 75.6 Å². The molecule has 0 unspecified atom stereocenters. The van der Waals surface area contributed by atoms with Gasteiger partial charge in [0.2, 0.25) is 10.0 Å². The Morgan fingerprint density at radius 2 is 1.83 bits per heavy atom. The molecule has 0 bridgehead atoms. The number of ether oxygens (including phenoxy) is 1. The van der Waals surface area contributed by atoms with E-state index in [9.17, 15) is 8.42 Å². The van der Waals surface area contributed by atoms with E-state index in [1.807, 2.05) is 36.6 Å². The first-order valence-corrected chi connectivity index (χ1v) is 11.6. The molecule has 3 heterocycles. The van der Waals surface area contributed by atoms with Crippen LogP contribution in [-0.2, 0) is 10.0 Å². The van der Waals surface area contributed by atoms with Gasteiger partial charge in [-0.25, -0.2) is 8.42 Å². The maximum Gasteiger partial charge on any atom is 0.243 e. The fourth-order valence-electron chi connectivity index (χ4n) is 3.37. The van der Waals surface area contributed by atoms with Crippen LogP contribution in [0.25, 0.3) is 10.6 Å². The van der Waals surface area contributed by atoms with Crippen molar-refractivity contribution in [2.24, 2.45) is 0 Å². The van der Waals surface area contributed by atoms with Crippen LogP contribution >= 0.6 is 11.3 Å². The number of nitrogens with zero attached hydrogens (tertiary/aromatic N) is 4. The molecule has 9 heteroatoms. The normalized spacial score (nSPS) is 15.4. The quantitative estimate of drug-likeness (QED) is 0.619. The lowest BCUT2D eigenvalue weighted by atomic mass is 10.2. The van der Waals surface area contributed by atoms with Gasteiger partial charge in [-0.2, -0.15) is 4.31 Å². The molecule has 1 aliphatic heterocycles. The van der Waals surface area contributed by atoms with Gasteiger partial charge in [0, 0.05) is 26.2 Å². The summed E-state index contributed by atoms with van der Waals surface area (Å²) in [5, 5.41) is 10.7. The molecule has 0 spiro atoms. The number of aromatic nitrogens is 2. The number of hydrogen-bond donors (Lipinski definition) is 0. The predicted molar refractivity (Wildman–Crippen MR) is 114 cm³/mol. The number of sulfonamides is 1. The molecule has 2 aromatic heterocycles. The van der Waals surface area contributed by atoms with Gasteiger partial charge >= 0.3 is 0 Å². The maximum atomic E-state index is 13.0. The summed E-state index contributed by atoms with van der Waals surface area (Å²) in [5.74, 6) is 1.45. The molecule has 0 aliphatic carbocycles. The molecule has 29 heavy (non-hydrogen) atoms. The number of anilines is 1. The lowest BCUT2D eigenvalue weighted by molar-refractivity contribution is 0.383. The van der Waals surface area contributed by atoms with Gasteiger partial charge in [-0.1, -0.05) is 6.07 Å². The average Bonchev–Trinajstić information content (AvgIpc) is 3.29. The van der Waals surface area contributed by atoms with Crippen molar-refractivity contribution in [1.29, 1.82) is 0 Å². The summed E-state index contributed by atoms with van der Waals surface area (Å²) >= 11 is 1.62. The molecule has 1 saturated heterocycles. The summed E-state index contributed by atoms with van der Waals surface area (Å²) in [7, 11) is -1.96. The smallest absolute Gasteiger partial charge is 0.243 e. The fraction of sp³-hybridized carbons (Fsp3) is 0.300. The molecular formula is C20H22N4O3S2. The maximum absolute atomic E-state index is 13.0. The standard InChI is InChI=1S/C20H22N4O3S2/c1-15-14-16(5-7-18(15)27-2)29(25,26)24-11-9-23(10-12-24)20-8-6-17(21-22-20)19-4-3-13-28-19/h3-8,13-14H,9-12H2,1-2H3. The van der Waals surface area contributed by atoms with E-state index in [0.717, 1.165) is 22.0 Å². The van der Waals surface area contributed by atoms with Crippen LogP contribution in [-0.4, -0.2) is 56.2 Å². The molecular weight excluding hydrogens is 408 g/mol. The number of methoxy groups -OCH3 is 1. The molecule has 0 N–H and O–H groups in total. The number of benzene rings is 1. The van der Waals surface area contributed by atoms with Crippen molar-refractivity contribution in [2.45, 2.75) is 11.8 Å². The van der Waals surface area contributed by atoms with E-state index < -0.39 is 10.0 Å². The van der Waals surface area contributed by atoms with E-state index in [0.29, 0.717) is 36.8 Å². The van der Waals surface area contributed by atoms with Crippen molar-refractivity contribution in [3.05, 3.63) is 53.4 Å². The summed E-state index contributed by atoms with van der Waals surface area (Å²) in [6.45, 7) is 3.79. The number of piperazine rings is 1. The van der Waals surface area contributed by atoms with Crippen molar-refractivity contribution >= 4 is 27.2 Å². The molecule has 1 aliphatic rings. The third kappa shape index (κ3) is 3.98. The Bertz CT molecular complexity index is 1080. The van der Waals surface area contributed by atoms with Crippen molar-refractivity contribution in [1.82, 2.24) is 14.5 Å². The van der Waals surface area contributed by atoms with E-state index in [1.165, 1.54) is 4.31 Å². The van der Waals surface area contributed by atoms with Gasteiger partial charge in [0.05, 0.1) is 16.9 Å². The summed E-state index contributed by atoms with van der Waals surface area (Å²) in [5.41, 5.74) is 1.65. The number of thiophene rings is 1. The van der Waals surface area contributed by atoms with Crippen LogP contribution in [0.2, 0.25) is 0 Å². The summed E-state index contributed by atoms with van der Waals surface area (Å²) in [6, 6.07) is 12.9. The number of rotatable bonds is 5. The largest absolute Gasteiger partial charge is 0.496 e. The zero-order valence-corrected chi connectivity index (χ0v) is 17.9. The Morgan fingerprint density at radius 3 is 2.41 bits per heavy atom. The highest BCUT2D eigenvalue weighted by molar-refractivity contribution is 7.89. The summed E-state index contributed by atoms with van der Waals surface area (Å²) in [6.07, 6.45) is 0. The Kier molecular flexibility index (Phi) is 5.53. The first-order valence-electron chi connectivity index (χ1n) is 9.26. The predicted octanol–water partition coefficient (Wildman–Crippen LogP) is 3.03. The second-order valence-electron chi connectivity index (χ2n) is 6.78. The molecule has 0 radical (unpaired) electrons. The third-order valence-electron chi connectivity index (χ3n) is 4.99. The Labute approximate surface area is 174 Å². The van der Waals surface area contributed by atoms with Crippen molar-refractivity contribution in [3.8, 4) is 16.3 Å². The van der Waals surface area contributed by atoms with Gasteiger partial charge in [-0.05, 0) is 54.3 Å². The first-order chi connectivity index (χ1) is 14.0. The minimum Gasteiger partial charge on any atom is -0.496 e. The first kappa shape index (κ1) is 19.8. The average molecular weight is 431 g/mol.